The van der Waals surface area contributed by atoms with E-state index < -0.39 is 0 Å². The Morgan fingerprint density at radius 3 is 2.40 bits per heavy atom. The summed E-state index contributed by atoms with van der Waals surface area (Å²) in [6, 6.07) is 13.7. The Labute approximate surface area is 117 Å². The molecule has 4 nitrogen and oxygen atoms in total. The molecule has 2 aromatic rings. The van der Waals surface area contributed by atoms with Gasteiger partial charge in [-0.25, -0.2) is 0 Å². The molecule has 2 rings (SSSR count). The van der Waals surface area contributed by atoms with Crippen molar-refractivity contribution < 1.29 is 15.0 Å². The van der Waals surface area contributed by atoms with Gasteiger partial charge in [0, 0.05) is 18.5 Å². The Hall–Kier alpha value is -2.49. The van der Waals surface area contributed by atoms with Crippen LogP contribution in [0.5, 0.6) is 11.5 Å². The first-order chi connectivity index (χ1) is 9.65. The predicted octanol–water partition coefficient (Wildman–Crippen LogP) is 2.35. The van der Waals surface area contributed by atoms with Crippen LogP contribution in [-0.2, 0) is 17.8 Å². The number of hydrogen-bond donors (Lipinski definition) is 3. The summed E-state index contributed by atoms with van der Waals surface area (Å²) in [7, 11) is 0. The van der Waals surface area contributed by atoms with E-state index in [4.69, 9.17) is 5.11 Å². The largest absolute Gasteiger partial charge is 0.508 e. The number of rotatable bonds is 5. The maximum Gasteiger partial charge on any atom is 0.220 e. The number of phenolic OH excluding ortho intramolecular Hbond substituents is 2. The third-order valence-electron chi connectivity index (χ3n) is 3.04. The first-order valence-corrected chi connectivity index (χ1v) is 6.46. The molecule has 0 fully saturated rings. The first kappa shape index (κ1) is 13.9. The van der Waals surface area contributed by atoms with Crippen molar-refractivity contribution in [3.05, 3.63) is 59.7 Å². The Bertz CT molecular complexity index is 579. The van der Waals surface area contributed by atoms with E-state index in [-0.39, 0.29) is 17.4 Å². The summed E-state index contributed by atoms with van der Waals surface area (Å²) < 4.78 is 0. The molecule has 0 bridgehead atoms. The standard InChI is InChI=1S/C16H17NO3/c18-14-8-5-12(6-9-14)7-10-16(20)17-11-13-3-1-2-4-15(13)19/h1-6,8-9,18-19H,7,10-11H2,(H,17,20). The van der Waals surface area contributed by atoms with Crippen molar-refractivity contribution in [3.63, 3.8) is 0 Å². The van der Waals surface area contributed by atoms with Gasteiger partial charge < -0.3 is 15.5 Å². The number of benzene rings is 2. The van der Waals surface area contributed by atoms with E-state index in [1.54, 1.807) is 42.5 Å². The number of aryl methyl sites for hydroxylation is 1. The van der Waals surface area contributed by atoms with Gasteiger partial charge in [0.15, 0.2) is 0 Å². The number of carbonyl (C=O) groups excluding carboxylic acids is 1. The van der Waals surface area contributed by atoms with Gasteiger partial charge in [0.05, 0.1) is 0 Å². The molecule has 4 heteroatoms. The fourth-order valence-corrected chi connectivity index (χ4v) is 1.86. The van der Waals surface area contributed by atoms with Gasteiger partial charge in [0.1, 0.15) is 11.5 Å². The lowest BCUT2D eigenvalue weighted by atomic mass is 10.1. The molecule has 0 spiro atoms. The van der Waals surface area contributed by atoms with E-state index in [0.717, 1.165) is 5.56 Å². The fourth-order valence-electron chi connectivity index (χ4n) is 1.86. The molecule has 1 amide bonds. The van der Waals surface area contributed by atoms with Crippen molar-refractivity contribution in [2.75, 3.05) is 0 Å². The quantitative estimate of drug-likeness (QED) is 0.781. The molecule has 0 radical (unpaired) electrons. The fraction of sp³-hybridized carbons (Fsp3) is 0.188. The summed E-state index contributed by atoms with van der Waals surface area (Å²) >= 11 is 0. The number of nitrogens with one attached hydrogen (secondary N) is 1. The molecule has 0 saturated heterocycles. The van der Waals surface area contributed by atoms with Crippen molar-refractivity contribution in [2.24, 2.45) is 0 Å². The van der Waals surface area contributed by atoms with Crippen molar-refractivity contribution in [1.82, 2.24) is 5.32 Å². The maximum absolute atomic E-state index is 11.7. The van der Waals surface area contributed by atoms with Crippen LogP contribution >= 0.6 is 0 Å². The summed E-state index contributed by atoms with van der Waals surface area (Å²) in [5.41, 5.74) is 1.70. The second-order valence-corrected chi connectivity index (χ2v) is 4.57. The maximum atomic E-state index is 11.7. The Kier molecular flexibility index (Phi) is 4.60. The highest BCUT2D eigenvalue weighted by Gasteiger charge is 2.04. The molecule has 2 aromatic carbocycles. The molecular weight excluding hydrogens is 254 g/mol. The highest BCUT2D eigenvalue weighted by Crippen LogP contribution is 2.15. The minimum absolute atomic E-state index is 0.0682. The lowest BCUT2D eigenvalue weighted by molar-refractivity contribution is -0.121. The van der Waals surface area contributed by atoms with E-state index in [0.29, 0.717) is 24.9 Å². The molecule has 0 aliphatic rings. The lowest BCUT2D eigenvalue weighted by Crippen LogP contribution is -2.23. The van der Waals surface area contributed by atoms with Gasteiger partial charge in [0.25, 0.3) is 0 Å². The number of carbonyl (C=O) groups is 1. The molecule has 0 atom stereocenters. The molecule has 20 heavy (non-hydrogen) atoms. The summed E-state index contributed by atoms with van der Waals surface area (Å²) in [4.78, 5) is 11.7. The van der Waals surface area contributed by atoms with Gasteiger partial charge in [-0.2, -0.15) is 0 Å². The highest BCUT2D eigenvalue weighted by atomic mass is 16.3. The van der Waals surface area contributed by atoms with Crippen LogP contribution in [0.2, 0.25) is 0 Å². The van der Waals surface area contributed by atoms with Crippen molar-refractivity contribution in [3.8, 4) is 11.5 Å². The topological polar surface area (TPSA) is 69.6 Å². The normalized spacial score (nSPS) is 10.2. The number of amides is 1. The summed E-state index contributed by atoms with van der Waals surface area (Å²) in [5, 5.41) is 21.5. The summed E-state index contributed by atoms with van der Waals surface area (Å²) in [5.74, 6) is 0.338. The molecule has 0 heterocycles. The van der Waals surface area contributed by atoms with Crippen molar-refractivity contribution >= 4 is 5.91 Å². The Balaban J connectivity index is 1.78. The number of aromatic hydroxyl groups is 2. The van der Waals surface area contributed by atoms with Crippen molar-refractivity contribution in [2.45, 2.75) is 19.4 Å². The zero-order valence-electron chi connectivity index (χ0n) is 11.0. The highest BCUT2D eigenvalue weighted by molar-refractivity contribution is 5.76. The monoisotopic (exact) mass is 271 g/mol. The molecule has 0 aliphatic heterocycles. The minimum atomic E-state index is -0.0682. The van der Waals surface area contributed by atoms with Crippen LogP contribution in [-0.4, -0.2) is 16.1 Å². The van der Waals surface area contributed by atoms with Crippen LogP contribution in [0.4, 0.5) is 0 Å². The minimum Gasteiger partial charge on any atom is -0.508 e. The lowest BCUT2D eigenvalue weighted by Gasteiger charge is -2.07. The summed E-state index contributed by atoms with van der Waals surface area (Å²) in [6.45, 7) is 0.321. The van der Waals surface area contributed by atoms with Gasteiger partial charge >= 0.3 is 0 Å². The second-order valence-electron chi connectivity index (χ2n) is 4.57. The van der Waals surface area contributed by atoms with Crippen LogP contribution in [0.25, 0.3) is 0 Å². The van der Waals surface area contributed by atoms with Crippen LogP contribution in [0, 0.1) is 0 Å². The van der Waals surface area contributed by atoms with Crippen LogP contribution < -0.4 is 5.32 Å². The molecule has 0 aliphatic carbocycles. The van der Waals surface area contributed by atoms with E-state index in [9.17, 15) is 9.90 Å². The number of hydrogen-bond acceptors (Lipinski definition) is 3. The third-order valence-corrected chi connectivity index (χ3v) is 3.04. The van der Waals surface area contributed by atoms with Gasteiger partial charge in [-0.3, -0.25) is 4.79 Å². The Morgan fingerprint density at radius 2 is 1.70 bits per heavy atom. The molecular formula is C16H17NO3. The van der Waals surface area contributed by atoms with E-state index in [2.05, 4.69) is 5.32 Å². The molecule has 0 saturated carbocycles. The second kappa shape index (κ2) is 6.61. The first-order valence-electron chi connectivity index (χ1n) is 6.46. The van der Waals surface area contributed by atoms with Gasteiger partial charge in [-0.05, 0) is 30.2 Å². The molecule has 104 valence electrons. The van der Waals surface area contributed by atoms with Crippen molar-refractivity contribution in [1.29, 1.82) is 0 Å². The average Bonchev–Trinajstić information content (AvgIpc) is 2.46. The average molecular weight is 271 g/mol. The summed E-state index contributed by atoms with van der Waals surface area (Å²) in [6.07, 6.45) is 0.991. The van der Waals surface area contributed by atoms with E-state index >= 15 is 0 Å². The molecule has 3 N–H and O–H groups in total. The SMILES string of the molecule is O=C(CCc1ccc(O)cc1)NCc1ccccc1O. The van der Waals surface area contributed by atoms with Gasteiger partial charge in [-0.1, -0.05) is 30.3 Å². The molecule has 0 unspecified atom stereocenters. The smallest absolute Gasteiger partial charge is 0.220 e. The number of para-hydroxylation sites is 1. The van der Waals surface area contributed by atoms with E-state index in [1.165, 1.54) is 0 Å². The zero-order valence-corrected chi connectivity index (χ0v) is 11.0. The van der Waals surface area contributed by atoms with Crippen LogP contribution in [0.15, 0.2) is 48.5 Å². The van der Waals surface area contributed by atoms with E-state index in [1.807, 2.05) is 6.07 Å². The van der Waals surface area contributed by atoms with Crippen LogP contribution in [0.1, 0.15) is 17.5 Å². The van der Waals surface area contributed by atoms with Crippen LogP contribution in [0.3, 0.4) is 0 Å². The Morgan fingerprint density at radius 1 is 1.00 bits per heavy atom. The predicted molar refractivity (Wildman–Crippen MR) is 76.4 cm³/mol. The van der Waals surface area contributed by atoms with Gasteiger partial charge in [0.2, 0.25) is 5.91 Å². The number of phenols is 2. The zero-order chi connectivity index (χ0) is 14.4. The van der Waals surface area contributed by atoms with Gasteiger partial charge in [-0.15, -0.1) is 0 Å². The third kappa shape index (κ3) is 4.02. The molecule has 0 aromatic heterocycles.